The molecule has 94 valence electrons. The van der Waals surface area contributed by atoms with Gasteiger partial charge in [-0.2, -0.15) is 0 Å². The van der Waals surface area contributed by atoms with E-state index in [9.17, 15) is 0 Å². The minimum atomic E-state index is 0.172. The largest absolute Gasteiger partial charge is 0.370 e. The number of hydrogen-bond acceptors (Lipinski definition) is 4. The van der Waals surface area contributed by atoms with Gasteiger partial charge in [-0.25, -0.2) is 0 Å². The van der Waals surface area contributed by atoms with Gasteiger partial charge < -0.3 is 14.6 Å². The fourth-order valence-corrected chi connectivity index (χ4v) is 2.90. The third-order valence-corrected chi connectivity index (χ3v) is 3.78. The van der Waals surface area contributed by atoms with E-state index >= 15 is 0 Å². The molecule has 2 saturated heterocycles. The second-order valence-electron chi connectivity index (χ2n) is 4.96. The van der Waals surface area contributed by atoms with Crippen molar-refractivity contribution in [2.75, 3.05) is 19.7 Å². The predicted molar refractivity (Wildman–Crippen MR) is 63.8 cm³/mol. The van der Waals surface area contributed by atoms with Gasteiger partial charge in [0.1, 0.15) is 11.9 Å². The quantitative estimate of drug-likeness (QED) is 0.842. The van der Waals surface area contributed by atoms with Gasteiger partial charge in [-0.05, 0) is 45.7 Å². The molecule has 1 atom stereocenters. The highest BCUT2D eigenvalue weighted by molar-refractivity contribution is 5.02. The first-order chi connectivity index (χ1) is 8.36. The lowest BCUT2D eigenvalue weighted by molar-refractivity contribution is 0.0988. The summed E-state index contributed by atoms with van der Waals surface area (Å²) in [6.07, 6.45) is 4.73. The second kappa shape index (κ2) is 4.74. The van der Waals surface area contributed by atoms with E-state index in [0.29, 0.717) is 6.04 Å². The molecule has 1 aromatic rings. The van der Waals surface area contributed by atoms with Crippen LogP contribution in [-0.2, 0) is 4.74 Å². The summed E-state index contributed by atoms with van der Waals surface area (Å²) in [6.45, 7) is 5.09. The highest BCUT2D eigenvalue weighted by Gasteiger charge is 2.28. The van der Waals surface area contributed by atoms with Crippen molar-refractivity contribution in [3.05, 3.63) is 11.6 Å². The summed E-state index contributed by atoms with van der Waals surface area (Å²) >= 11 is 0. The SMILES string of the molecule is Cc1nnc(C2CCCO2)n1C1CCNCC1. The number of nitrogens with one attached hydrogen (secondary N) is 1. The van der Waals surface area contributed by atoms with Crippen molar-refractivity contribution >= 4 is 0 Å². The number of hydrogen-bond donors (Lipinski definition) is 1. The van der Waals surface area contributed by atoms with Gasteiger partial charge >= 0.3 is 0 Å². The average molecular weight is 236 g/mol. The first-order valence-corrected chi connectivity index (χ1v) is 6.60. The van der Waals surface area contributed by atoms with Crippen molar-refractivity contribution in [3.8, 4) is 0 Å². The van der Waals surface area contributed by atoms with Crippen LogP contribution in [0.25, 0.3) is 0 Å². The van der Waals surface area contributed by atoms with E-state index in [0.717, 1.165) is 44.2 Å². The fourth-order valence-electron chi connectivity index (χ4n) is 2.90. The van der Waals surface area contributed by atoms with E-state index in [1.165, 1.54) is 12.8 Å². The van der Waals surface area contributed by atoms with Crippen molar-refractivity contribution in [2.45, 2.75) is 44.8 Å². The van der Waals surface area contributed by atoms with Gasteiger partial charge in [0.05, 0.1) is 0 Å². The number of rotatable bonds is 2. The number of aryl methyl sites for hydroxylation is 1. The fraction of sp³-hybridized carbons (Fsp3) is 0.833. The van der Waals surface area contributed by atoms with E-state index in [1.807, 2.05) is 6.92 Å². The van der Waals surface area contributed by atoms with Gasteiger partial charge in [-0.3, -0.25) is 0 Å². The molecular formula is C12H20N4O. The molecule has 0 spiro atoms. The molecular weight excluding hydrogens is 216 g/mol. The normalized spacial score (nSPS) is 26.5. The van der Waals surface area contributed by atoms with Gasteiger partial charge in [0.2, 0.25) is 0 Å². The second-order valence-corrected chi connectivity index (χ2v) is 4.96. The number of aromatic nitrogens is 3. The average Bonchev–Trinajstić information content (AvgIpc) is 2.98. The van der Waals surface area contributed by atoms with Crippen molar-refractivity contribution < 1.29 is 4.74 Å². The Balaban J connectivity index is 1.88. The standard InChI is InChI=1S/C12H20N4O/c1-9-14-15-12(11-3-2-8-17-11)16(9)10-4-6-13-7-5-10/h10-11,13H,2-8H2,1H3. The lowest BCUT2D eigenvalue weighted by Crippen LogP contribution is -2.31. The zero-order valence-electron chi connectivity index (χ0n) is 10.4. The van der Waals surface area contributed by atoms with Gasteiger partial charge in [-0.15, -0.1) is 10.2 Å². The Hall–Kier alpha value is -0.940. The van der Waals surface area contributed by atoms with Crippen LogP contribution < -0.4 is 5.32 Å². The van der Waals surface area contributed by atoms with Gasteiger partial charge in [0, 0.05) is 12.6 Å². The van der Waals surface area contributed by atoms with Crippen LogP contribution in [0.15, 0.2) is 0 Å². The monoisotopic (exact) mass is 236 g/mol. The van der Waals surface area contributed by atoms with Crippen LogP contribution in [0.2, 0.25) is 0 Å². The molecule has 0 aliphatic carbocycles. The molecule has 17 heavy (non-hydrogen) atoms. The molecule has 1 unspecified atom stereocenters. The molecule has 1 N–H and O–H groups in total. The Morgan fingerprint density at radius 3 is 2.76 bits per heavy atom. The molecule has 3 rings (SSSR count). The molecule has 0 amide bonds. The summed E-state index contributed by atoms with van der Waals surface area (Å²) in [6, 6.07) is 0.547. The molecule has 2 aliphatic rings. The topological polar surface area (TPSA) is 52.0 Å². The van der Waals surface area contributed by atoms with Crippen LogP contribution in [0.5, 0.6) is 0 Å². The molecule has 2 aliphatic heterocycles. The highest BCUT2D eigenvalue weighted by atomic mass is 16.5. The van der Waals surface area contributed by atoms with Gasteiger partial charge in [-0.1, -0.05) is 0 Å². The molecule has 5 heteroatoms. The van der Waals surface area contributed by atoms with Crippen molar-refractivity contribution in [2.24, 2.45) is 0 Å². The minimum Gasteiger partial charge on any atom is -0.370 e. The Bertz CT molecular complexity index is 378. The maximum absolute atomic E-state index is 5.74. The molecule has 0 saturated carbocycles. The summed E-state index contributed by atoms with van der Waals surface area (Å²) in [5.74, 6) is 2.08. The van der Waals surface area contributed by atoms with E-state index in [4.69, 9.17) is 4.74 Å². The summed E-state index contributed by atoms with van der Waals surface area (Å²) < 4.78 is 8.06. The van der Waals surface area contributed by atoms with E-state index in [2.05, 4.69) is 20.1 Å². The first kappa shape index (κ1) is 11.2. The Kier molecular flexibility index (Phi) is 3.11. The highest BCUT2D eigenvalue weighted by Crippen LogP contribution is 2.31. The Morgan fingerprint density at radius 2 is 2.06 bits per heavy atom. The van der Waals surface area contributed by atoms with Crippen LogP contribution >= 0.6 is 0 Å². The van der Waals surface area contributed by atoms with E-state index < -0.39 is 0 Å². The van der Waals surface area contributed by atoms with Crippen LogP contribution in [0.4, 0.5) is 0 Å². The summed E-state index contributed by atoms with van der Waals surface area (Å²) in [4.78, 5) is 0. The smallest absolute Gasteiger partial charge is 0.162 e. The Morgan fingerprint density at radius 1 is 1.24 bits per heavy atom. The number of ether oxygens (including phenoxy) is 1. The molecule has 0 bridgehead atoms. The van der Waals surface area contributed by atoms with Gasteiger partial charge in [0.25, 0.3) is 0 Å². The lowest BCUT2D eigenvalue weighted by Gasteiger charge is -2.27. The van der Waals surface area contributed by atoms with Crippen molar-refractivity contribution in [1.29, 1.82) is 0 Å². The molecule has 1 aromatic heterocycles. The van der Waals surface area contributed by atoms with E-state index in [1.54, 1.807) is 0 Å². The van der Waals surface area contributed by atoms with E-state index in [-0.39, 0.29) is 6.10 Å². The van der Waals surface area contributed by atoms with Crippen LogP contribution in [0.1, 0.15) is 49.5 Å². The molecule has 5 nitrogen and oxygen atoms in total. The predicted octanol–water partition coefficient (Wildman–Crippen LogP) is 1.36. The summed E-state index contributed by atoms with van der Waals surface area (Å²) in [5, 5.41) is 12.0. The number of nitrogens with zero attached hydrogens (tertiary/aromatic N) is 3. The third kappa shape index (κ3) is 2.09. The summed E-state index contributed by atoms with van der Waals surface area (Å²) in [7, 11) is 0. The molecule has 0 radical (unpaired) electrons. The maximum Gasteiger partial charge on any atom is 0.162 e. The minimum absolute atomic E-state index is 0.172. The zero-order valence-corrected chi connectivity index (χ0v) is 10.4. The zero-order chi connectivity index (χ0) is 11.7. The van der Waals surface area contributed by atoms with Crippen LogP contribution in [-0.4, -0.2) is 34.5 Å². The van der Waals surface area contributed by atoms with Crippen LogP contribution in [0, 0.1) is 6.92 Å². The maximum atomic E-state index is 5.74. The van der Waals surface area contributed by atoms with Crippen molar-refractivity contribution in [3.63, 3.8) is 0 Å². The number of piperidine rings is 1. The van der Waals surface area contributed by atoms with Gasteiger partial charge in [0.15, 0.2) is 5.82 Å². The third-order valence-electron chi connectivity index (χ3n) is 3.78. The molecule has 0 aromatic carbocycles. The molecule has 2 fully saturated rings. The lowest BCUT2D eigenvalue weighted by atomic mass is 10.1. The molecule has 3 heterocycles. The summed E-state index contributed by atoms with van der Waals surface area (Å²) in [5.41, 5.74) is 0. The van der Waals surface area contributed by atoms with Crippen molar-refractivity contribution in [1.82, 2.24) is 20.1 Å². The first-order valence-electron chi connectivity index (χ1n) is 6.60. The Labute approximate surface area is 102 Å². The van der Waals surface area contributed by atoms with Crippen LogP contribution in [0.3, 0.4) is 0 Å².